The van der Waals surface area contributed by atoms with E-state index in [-0.39, 0.29) is 0 Å². The van der Waals surface area contributed by atoms with Gasteiger partial charge in [0.2, 0.25) is 0 Å². The summed E-state index contributed by atoms with van der Waals surface area (Å²) in [5, 5.41) is 8.69. The van der Waals surface area contributed by atoms with Crippen LogP contribution in [0.3, 0.4) is 0 Å². The van der Waals surface area contributed by atoms with Crippen LogP contribution in [0.15, 0.2) is 41.7 Å². The molecule has 6 heteroatoms. The molecule has 4 nitrogen and oxygen atoms in total. The molecule has 0 bridgehead atoms. The van der Waals surface area contributed by atoms with E-state index in [0.29, 0.717) is 5.03 Å². The summed E-state index contributed by atoms with van der Waals surface area (Å²) in [4.78, 5) is 9.67. The van der Waals surface area contributed by atoms with Gasteiger partial charge in [0, 0.05) is 23.7 Å². The number of thiol groups is 1. The molecule has 0 spiro atoms. The van der Waals surface area contributed by atoms with E-state index in [1.807, 2.05) is 18.3 Å². The van der Waals surface area contributed by atoms with Gasteiger partial charge >= 0.3 is 0 Å². The monoisotopic (exact) mass is 274 g/mol. The third kappa shape index (κ3) is 2.44. The lowest BCUT2D eigenvalue weighted by atomic mass is 10.3. The highest BCUT2D eigenvalue weighted by Crippen LogP contribution is 2.27. The summed E-state index contributed by atoms with van der Waals surface area (Å²) in [6, 6.07) is 7.93. The molecule has 0 unspecified atom stereocenters. The van der Waals surface area contributed by atoms with Crippen molar-refractivity contribution in [2.24, 2.45) is 0 Å². The Morgan fingerprint density at radius 3 is 2.83 bits per heavy atom. The Hall–Kier alpha value is -1.66. The zero-order valence-corrected chi connectivity index (χ0v) is 11.1. The van der Waals surface area contributed by atoms with E-state index in [2.05, 4.69) is 44.9 Å². The van der Waals surface area contributed by atoms with Crippen LogP contribution in [0.1, 0.15) is 10.7 Å². The summed E-state index contributed by atoms with van der Waals surface area (Å²) >= 11 is 5.83. The van der Waals surface area contributed by atoms with E-state index in [1.165, 1.54) is 4.88 Å². The number of nitrogens with zero attached hydrogens (tertiary/aromatic N) is 3. The zero-order valence-electron chi connectivity index (χ0n) is 9.37. The highest BCUT2D eigenvalue weighted by Gasteiger charge is 2.06. The van der Waals surface area contributed by atoms with Crippen molar-refractivity contribution in [3.8, 4) is 10.6 Å². The topological polar surface area (TPSA) is 54.5 Å². The maximum Gasteiger partial charge on any atom is 0.116 e. The van der Waals surface area contributed by atoms with Crippen LogP contribution in [-0.4, -0.2) is 20.2 Å². The van der Waals surface area contributed by atoms with Crippen LogP contribution in [-0.2, 0) is 6.42 Å². The van der Waals surface area contributed by atoms with Crippen LogP contribution in [0.5, 0.6) is 0 Å². The fourth-order valence-electron chi connectivity index (χ4n) is 1.63. The van der Waals surface area contributed by atoms with Crippen LogP contribution < -0.4 is 0 Å². The van der Waals surface area contributed by atoms with Crippen LogP contribution in [0, 0.1) is 0 Å². The van der Waals surface area contributed by atoms with Gasteiger partial charge in [-0.2, -0.15) is 0 Å². The van der Waals surface area contributed by atoms with Crippen molar-refractivity contribution in [1.82, 2.24) is 20.2 Å². The van der Waals surface area contributed by atoms with E-state index >= 15 is 0 Å². The smallest absolute Gasteiger partial charge is 0.116 e. The lowest BCUT2D eigenvalue weighted by Gasteiger charge is -1.95. The molecule has 0 radical (unpaired) electrons. The Labute approximate surface area is 114 Å². The average Bonchev–Trinajstić information content (AvgIpc) is 3.02. The van der Waals surface area contributed by atoms with Crippen LogP contribution in [0.4, 0.5) is 0 Å². The number of hydrogen-bond donors (Lipinski definition) is 2. The first-order valence-corrected chi connectivity index (χ1v) is 6.68. The molecule has 90 valence electrons. The Morgan fingerprint density at radius 1 is 1.17 bits per heavy atom. The third-order valence-electron chi connectivity index (χ3n) is 2.46. The van der Waals surface area contributed by atoms with Crippen LogP contribution in [0.25, 0.3) is 10.6 Å². The number of aromatic nitrogens is 4. The molecule has 0 fully saturated rings. The van der Waals surface area contributed by atoms with Gasteiger partial charge in [0.25, 0.3) is 0 Å². The molecule has 0 amide bonds. The molecule has 0 aliphatic carbocycles. The fraction of sp³-hybridized carbons (Fsp3) is 0.0833. The quantitative estimate of drug-likeness (QED) is 0.722. The van der Waals surface area contributed by atoms with Crippen molar-refractivity contribution in [3.05, 3.63) is 47.4 Å². The minimum atomic E-state index is 0.631. The Morgan fingerprint density at radius 2 is 2.11 bits per heavy atom. The number of nitrogens with one attached hydrogen (secondary N) is 1. The van der Waals surface area contributed by atoms with Crippen molar-refractivity contribution >= 4 is 24.0 Å². The van der Waals surface area contributed by atoms with E-state index in [9.17, 15) is 0 Å². The first-order valence-electron chi connectivity index (χ1n) is 5.41. The highest BCUT2D eigenvalue weighted by molar-refractivity contribution is 7.80. The lowest BCUT2D eigenvalue weighted by Crippen LogP contribution is -1.86. The Bertz CT molecular complexity index is 628. The molecule has 3 aromatic rings. The number of rotatable bonds is 3. The SMILES string of the molecule is Sc1ccc(-c2ccc(Cc3ncc[nH]3)s2)nn1. The molecule has 3 aromatic heterocycles. The molecule has 0 aliphatic heterocycles. The van der Waals surface area contributed by atoms with E-state index in [4.69, 9.17) is 0 Å². The van der Waals surface area contributed by atoms with Crippen molar-refractivity contribution in [2.75, 3.05) is 0 Å². The van der Waals surface area contributed by atoms with Gasteiger partial charge in [-0.1, -0.05) is 0 Å². The molecule has 0 saturated heterocycles. The number of imidazole rings is 1. The third-order valence-corrected chi connectivity index (χ3v) is 3.81. The second-order valence-electron chi connectivity index (χ2n) is 3.76. The predicted octanol–water partition coefficient (Wildman–Crippen LogP) is 2.81. The summed E-state index contributed by atoms with van der Waals surface area (Å²) in [5.41, 5.74) is 0.878. The number of thiophene rings is 1. The van der Waals surface area contributed by atoms with E-state index < -0.39 is 0 Å². The zero-order chi connectivity index (χ0) is 12.4. The summed E-state index contributed by atoms with van der Waals surface area (Å²) < 4.78 is 0. The van der Waals surface area contributed by atoms with Gasteiger partial charge in [-0.15, -0.1) is 34.2 Å². The second-order valence-corrected chi connectivity index (χ2v) is 5.38. The number of H-pyrrole nitrogens is 1. The summed E-state index contributed by atoms with van der Waals surface area (Å²) in [7, 11) is 0. The first-order chi connectivity index (χ1) is 8.81. The summed E-state index contributed by atoms with van der Waals surface area (Å²) in [6.45, 7) is 0. The fourth-order valence-corrected chi connectivity index (χ4v) is 2.72. The standard InChI is InChI=1S/C12H10N4S2/c17-12-4-2-9(15-16-12)10-3-1-8(18-10)7-11-13-5-6-14-11/h1-6H,7H2,(H,13,14)(H,16,17). The normalized spacial score (nSPS) is 10.7. The van der Waals surface area contributed by atoms with Crippen molar-refractivity contribution < 1.29 is 0 Å². The minimum absolute atomic E-state index is 0.631. The largest absolute Gasteiger partial charge is 0.348 e. The Balaban J connectivity index is 1.83. The molecular weight excluding hydrogens is 264 g/mol. The average molecular weight is 274 g/mol. The van der Waals surface area contributed by atoms with Crippen molar-refractivity contribution in [2.45, 2.75) is 11.4 Å². The van der Waals surface area contributed by atoms with Crippen LogP contribution >= 0.6 is 24.0 Å². The van der Waals surface area contributed by atoms with Gasteiger partial charge in [0.15, 0.2) is 0 Å². The van der Waals surface area contributed by atoms with Gasteiger partial charge in [-0.3, -0.25) is 0 Å². The summed E-state index contributed by atoms with van der Waals surface area (Å²) in [5.74, 6) is 0.972. The number of hydrogen-bond acceptors (Lipinski definition) is 5. The van der Waals surface area contributed by atoms with Crippen molar-refractivity contribution in [3.63, 3.8) is 0 Å². The lowest BCUT2D eigenvalue weighted by molar-refractivity contribution is 0.942. The molecule has 1 N–H and O–H groups in total. The van der Waals surface area contributed by atoms with Gasteiger partial charge in [0.1, 0.15) is 16.5 Å². The molecule has 0 aromatic carbocycles. The number of aromatic amines is 1. The van der Waals surface area contributed by atoms with Crippen molar-refractivity contribution in [1.29, 1.82) is 0 Å². The molecule has 0 atom stereocenters. The second kappa shape index (κ2) is 4.91. The highest BCUT2D eigenvalue weighted by atomic mass is 32.1. The van der Waals surface area contributed by atoms with Gasteiger partial charge < -0.3 is 4.98 Å². The Kier molecular flexibility index (Phi) is 3.12. The summed E-state index contributed by atoms with van der Waals surface area (Å²) in [6.07, 6.45) is 4.41. The maximum absolute atomic E-state index is 4.22. The molecule has 0 saturated carbocycles. The van der Waals surface area contributed by atoms with Gasteiger partial charge in [-0.05, 0) is 24.3 Å². The van der Waals surface area contributed by atoms with E-state index in [1.54, 1.807) is 17.5 Å². The first kappa shape index (κ1) is 11.4. The van der Waals surface area contributed by atoms with E-state index in [0.717, 1.165) is 22.8 Å². The van der Waals surface area contributed by atoms with Gasteiger partial charge in [0.05, 0.1) is 4.88 Å². The molecule has 3 rings (SSSR count). The van der Waals surface area contributed by atoms with Crippen LogP contribution in [0.2, 0.25) is 0 Å². The minimum Gasteiger partial charge on any atom is -0.348 e. The molecule has 18 heavy (non-hydrogen) atoms. The molecule has 3 heterocycles. The maximum atomic E-state index is 4.22. The van der Waals surface area contributed by atoms with Gasteiger partial charge in [-0.25, -0.2) is 4.98 Å². The molecule has 0 aliphatic rings. The predicted molar refractivity (Wildman–Crippen MR) is 74.0 cm³/mol. The molecular formula is C12H10N4S2.